The zero-order valence-electron chi connectivity index (χ0n) is 9.91. The Balaban J connectivity index is 2.11. The van der Waals surface area contributed by atoms with Gasteiger partial charge in [-0.1, -0.05) is 23.7 Å². The first-order valence-corrected chi connectivity index (χ1v) is 5.87. The SMILES string of the molecule is Cc1ccc(OCc2ccc(F)cc2Cl)c(N)c1. The maximum atomic E-state index is 12.9. The molecular formula is C14H13ClFNO. The van der Waals surface area contributed by atoms with Crippen LogP contribution in [-0.4, -0.2) is 0 Å². The highest BCUT2D eigenvalue weighted by Crippen LogP contribution is 2.25. The molecule has 94 valence electrons. The summed E-state index contributed by atoms with van der Waals surface area (Å²) in [6, 6.07) is 9.77. The van der Waals surface area contributed by atoms with Crippen LogP contribution in [0.1, 0.15) is 11.1 Å². The molecule has 0 saturated heterocycles. The first kappa shape index (κ1) is 12.7. The highest BCUT2D eigenvalue weighted by Gasteiger charge is 2.05. The maximum absolute atomic E-state index is 12.9. The molecule has 0 aliphatic carbocycles. The van der Waals surface area contributed by atoms with Crippen molar-refractivity contribution in [1.29, 1.82) is 0 Å². The lowest BCUT2D eigenvalue weighted by molar-refractivity contribution is 0.308. The molecule has 2 aromatic rings. The smallest absolute Gasteiger partial charge is 0.142 e. The van der Waals surface area contributed by atoms with Crippen LogP contribution in [-0.2, 0) is 6.61 Å². The van der Waals surface area contributed by atoms with Gasteiger partial charge in [0, 0.05) is 5.56 Å². The van der Waals surface area contributed by atoms with Crippen LogP contribution in [0.15, 0.2) is 36.4 Å². The Kier molecular flexibility index (Phi) is 3.72. The molecule has 0 bridgehead atoms. The van der Waals surface area contributed by atoms with Crippen LogP contribution in [0.25, 0.3) is 0 Å². The van der Waals surface area contributed by atoms with Crippen LogP contribution < -0.4 is 10.5 Å². The van der Waals surface area contributed by atoms with E-state index in [1.807, 2.05) is 25.1 Å². The lowest BCUT2D eigenvalue weighted by Gasteiger charge is -2.10. The van der Waals surface area contributed by atoms with Gasteiger partial charge in [0.05, 0.1) is 10.7 Å². The first-order chi connectivity index (χ1) is 8.56. The summed E-state index contributed by atoms with van der Waals surface area (Å²) in [4.78, 5) is 0. The van der Waals surface area contributed by atoms with E-state index in [1.54, 1.807) is 6.07 Å². The molecule has 0 aromatic heterocycles. The molecule has 0 radical (unpaired) electrons. The molecule has 2 aromatic carbocycles. The van der Waals surface area contributed by atoms with Gasteiger partial charge in [-0.15, -0.1) is 0 Å². The number of benzene rings is 2. The summed E-state index contributed by atoms with van der Waals surface area (Å²) in [5.41, 5.74) is 8.20. The second-order valence-corrected chi connectivity index (χ2v) is 4.47. The fraction of sp³-hybridized carbons (Fsp3) is 0.143. The molecule has 2 rings (SSSR count). The van der Waals surface area contributed by atoms with Crippen molar-refractivity contribution in [3.05, 3.63) is 58.4 Å². The molecule has 0 heterocycles. The van der Waals surface area contributed by atoms with Crippen molar-refractivity contribution in [2.45, 2.75) is 13.5 Å². The number of nitrogen functional groups attached to an aromatic ring is 1. The van der Waals surface area contributed by atoms with Crippen LogP contribution in [0, 0.1) is 12.7 Å². The van der Waals surface area contributed by atoms with Crippen molar-refractivity contribution in [3.63, 3.8) is 0 Å². The summed E-state index contributed by atoms with van der Waals surface area (Å²) >= 11 is 5.91. The molecule has 4 heteroatoms. The lowest BCUT2D eigenvalue weighted by atomic mass is 10.2. The Morgan fingerprint density at radius 2 is 2.00 bits per heavy atom. The Bertz CT molecular complexity index is 520. The largest absolute Gasteiger partial charge is 0.487 e. The van der Waals surface area contributed by atoms with Crippen LogP contribution in [0.4, 0.5) is 10.1 Å². The van der Waals surface area contributed by atoms with E-state index in [4.69, 9.17) is 22.1 Å². The topological polar surface area (TPSA) is 35.2 Å². The zero-order valence-corrected chi connectivity index (χ0v) is 10.7. The monoisotopic (exact) mass is 265 g/mol. The number of rotatable bonds is 3. The summed E-state index contributed by atoms with van der Waals surface area (Å²) in [6.45, 7) is 2.21. The van der Waals surface area contributed by atoms with Crippen LogP contribution >= 0.6 is 11.6 Å². The molecule has 18 heavy (non-hydrogen) atoms. The van der Waals surface area contributed by atoms with Gasteiger partial charge in [-0.2, -0.15) is 0 Å². The van der Waals surface area contributed by atoms with E-state index in [2.05, 4.69) is 0 Å². The average Bonchev–Trinajstić information content (AvgIpc) is 2.30. The van der Waals surface area contributed by atoms with Gasteiger partial charge in [-0.05, 0) is 36.8 Å². The third kappa shape index (κ3) is 2.93. The van der Waals surface area contributed by atoms with E-state index in [0.717, 1.165) is 11.1 Å². The molecule has 0 aliphatic rings. The first-order valence-electron chi connectivity index (χ1n) is 5.49. The normalized spacial score (nSPS) is 10.4. The van der Waals surface area contributed by atoms with E-state index in [1.165, 1.54) is 12.1 Å². The second kappa shape index (κ2) is 5.27. The summed E-state index contributed by atoms with van der Waals surface area (Å²) in [5, 5.41) is 0.348. The quantitative estimate of drug-likeness (QED) is 0.853. The van der Waals surface area contributed by atoms with Gasteiger partial charge in [0.2, 0.25) is 0 Å². The lowest BCUT2D eigenvalue weighted by Crippen LogP contribution is -2.00. The van der Waals surface area contributed by atoms with Gasteiger partial charge in [-0.3, -0.25) is 0 Å². The molecular weight excluding hydrogens is 253 g/mol. The molecule has 0 saturated carbocycles. The van der Waals surface area contributed by atoms with E-state index < -0.39 is 0 Å². The molecule has 0 spiro atoms. The third-order valence-electron chi connectivity index (χ3n) is 2.56. The molecule has 0 amide bonds. The maximum Gasteiger partial charge on any atom is 0.142 e. The number of halogens is 2. The minimum Gasteiger partial charge on any atom is -0.487 e. The van der Waals surface area contributed by atoms with Crippen LogP contribution in [0.5, 0.6) is 5.75 Å². The van der Waals surface area contributed by atoms with Gasteiger partial charge in [0.15, 0.2) is 0 Å². The standard InChI is InChI=1S/C14H13ClFNO/c1-9-2-5-14(13(17)6-9)18-8-10-3-4-11(16)7-12(10)15/h2-7H,8,17H2,1H3. The number of hydrogen-bond acceptors (Lipinski definition) is 2. The summed E-state index contributed by atoms with van der Waals surface area (Å²) in [7, 11) is 0. The van der Waals surface area contributed by atoms with E-state index >= 15 is 0 Å². The highest BCUT2D eigenvalue weighted by molar-refractivity contribution is 6.31. The minimum absolute atomic E-state index is 0.256. The summed E-state index contributed by atoms with van der Waals surface area (Å²) < 4.78 is 18.4. The van der Waals surface area contributed by atoms with Crippen molar-refractivity contribution < 1.29 is 9.13 Å². The third-order valence-corrected chi connectivity index (χ3v) is 2.92. The molecule has 0 fully saturated rings. The number of nitrogens with two attached hydrogens (primary N) is 1. The van der Waals surface area contributed by atoms with Crippen LogP contribution in [0.2, 0.25) is 5.02 Å². The van der Waals surface area contributed by atoms with Crippen LogP contribution in [0.3, 0.4) is 0 Å². The van der Waals surface area contributed by atoms with Gasteiger partial charge in [0.1, 0.15) is 18.2 Å². The molecule has 2 nitrogen and oxygen atoms in total. The zero-order chi connectivity index (χ0) is 13.1. The number of ether oxygens (including phenoxy) is 1. The molecule has 0 atom stereocenters. The van der Waals surface area contributed by atoms with E-state index in [9.17, 15) is 4.39 Å². The van der Waals surface area contributed by atoms with Gasteiger partial charge in [-0.25, -0.2) is 4.39 Å². The van der Waals surface area contributed by atoms with Gasteiger partial charge in [0.25, 0.3) is 0 Å². The Labute approximate surface area is 110 Å². The predicted molar refractivity (Wildman–Crippen MR) is 71.3 cm³/mol. The predicted octanol–water partition coefficient (Wildman–Crippen LogP) is 3.95. The Hall–Kier alpha value is -1.74. The van der Waals surface area contributed by atoms with E-state index in [0.29, 0.717) is 16.5 Å². The fourth-order valence-corrected chi connectivity index (χ4v) is 1.82. The highest BCUT2D eigenvalue weighted by atomic mass is 35.5. The van der Waals surface area contributed by atoms with E-state index in [-0.39, 0.29) is 12.4 Å². The van der Waals surface area contributed by atoms with Gasteiger partial charge >= 0.3 is 0 Å². The number of anilines is 1. The Morgan fingerprint density at radius 3 is 2.67 bits per heavy atom. The van der Waals surface area contributed by atoms with Crippen molar-refractivity contribution in [1.82, 2.24) is 0 Å². The molecule has 0 unspecified atom stereocenters. The van der Waals surface area contributed by atoms with Crippen molar-refractivity contribution in [3.8, 4) is 5.75 Å². The number of hydrogen-bond donors (Lipinski definition) is 1. The average molecular weight is 266 g/mol. The van der Waals surface area contributed by atoms with Crippen molar-refractivity contribution in [2.24, 2.45) is 0 Å². The molecule has 2 N–H and O–H groups in total. The number of aryl methyl sites for hydroxylation is 1. The molecule has 0 aliphatic heterocycles. The second-order valence-electron chi connectivity index (χ2n) is 4.07. The minimum atomic E-state index is -0.362. The Morgan fingerprint density at radius 1 is 1.22 bits per heavy atom. The fourth-order valence-electron chi connectivity index (χ4n) is 1.59. The summed E-state index contributed by atoms with van der Waals surface area (Å²) in [5.74, 6) is 0.236. The van der Waals surface area contributed by atoms with Crippen molar-refractivity contribution >= 4 is 17.3 Å². The van der Waals surface area contributed by atoms with Gasteiger partial charge < -0.3 is 10.5 Å². The van der Waals surface area contributed by atoms with Crippen molar-refractivity contribution in [2.75, 3.05) is 5.73 Å². The summed E-state index contributed by atoms with van der Waals surface area (Å²) in [6.07, 6.45) is 0.